The SMILES string of the molecule is CCOc1ccccc1NC(=O)C(=O)NCCc1ccccc1Cl. The smallest absolute Gasteiger partial charge is 0.313 e. The molecule has 0 aromatic heterocycles. The second-order valence-corrected chi connectivity index (χ2v) is 5.39. The fourth-order valence-corrected chi connectivity index (χ4v) is 2.35. The van der Waals surface area contributed by atoms with Crippen molar-refractivity contribution in [3.8, 4) is 5.75 Å². The molecule has 0 aliphatic rings. The summed E-state index contributed by atoms with van der Waals surface area (Å²) < 4.78 is 5.41. The van der Waals surface area contributed by atoms with Crippen molar-refractivity contribution in [2.24, 2.45) is 0 Å². The van der Waals surface area contributed by atoms with Gasteiger partial charge < -0.3 is 15.4 Å². The lowest BCUT2D eigenvalue weighted by molar-refractivity contribution is -0.136. The number of para-hydroxylation sites is 2. The third-order valence-electron chi connectivity index (χ3n) is 3.28. The zero-order chi connectivity index (χ0) is 17.4. The predicted octanol–water partition coefficient (Wildman–Crippen LogP) is 3.04. The van der Waals surface area contributed by atoms with Crippen LogP contribution in [0.4, 0.5) is 5.69 Å². The van der Waals surface area contributed by atoms with Crippen molar-refractivity contribution in [3.05, 3.63) is 59.1 Å². The van der Waals surface area contributed by atoms with Gasteiger partial charge in [0.25, 0.3) is 0 Å². The summed E-state index contributed by atoms with van der Waals surface area (Å²) in [5.41, 5.74) is 1.38. The van der Waals surface area contributed by atoms with E-state index in [-0.39, 0.29) is 0 Å². The zero-order valence-electron chi connectivity index (χ0n) is 13.3. The van der Waals surface area contributed by atoms with Crippen molar-refractivity contribution in [3.63, 3.8) is 0 Å². The number of carbonyl (C=O) groups is 2. The Kier molecular flexibility index (Phi) is 6.63. The van der Waals surface area contributed by atoms with Gasteiger partial charge in [0.2, 0.25) is 0 Å². The molecule has 0 aliphatic heterocycles. The van der Waals surface area contributed by atoms with Crippen LogP contribution in [0.25, 0.3) is 0 Å². The van der Waals surface area contributed by atoms with Crippen LogP contribution in [-0.2, 0) is 16.0 Å². The molecular formula is C18H19ClN2O3. The number of amides is 2. The van der Waals surface area contributed by atoms with Crippen molar-refractivity contribution in [2.45, 2.75) is 13.3 Å². The fraction of sp³-hybridized carbons (Fsp3) is 0.222. The summed E-state index contributed by atoms with van der Waals surface area (Å²) in [6, 6.07) is 14.4. The lowest BCUT2D eigenvalue weighted by Gasteiger charge is -2.11. The van der Waals surface area contributed by atoms with E-state index in [2.05, 4.69) is 10.6 Å². The summed E-state index contributed by atoms with van der Waals surface area (Å²) in [5, 5.41) is 5.77. The minimum Gasteiger partial charge on any atom is -0.492 e. The first-order valence-corrected chi connectivity index (χ1v) is 8.04. The summed E-state index contributed by atoms with van der Waals surface area (Å²) in [6.45, 7) is 2.64. The molecule has 0 radical (unpaired) electrons. The highest BCUT2D eigenvalue weighted by atomic mass is 35.5. The molecule has 0 aliphatic carbocycles. The van der Waals surface area contributed by atoms with Crippen LogP contribution in [0.1, 0.15) is 12.5 Å². The molecule has 6 heteroatoms. The Morgan fingerprint density at radius 3 is 2.50 bits per heavy atom. The van der Waals surface area contributed by atoms with E-state index in [1.807, 2.05) is 25.1 Å². The number of nitrogens with one attached hydrogen (secondary N) is 2. The Morgan fingerprint density at radius 2 is 1.75 bits per heavy atom. The number of hydrogen-bond acceptors (Lipinski definition) is 3. The van der Waals surface area contributed by atoms with Crippen LogP contribution in [0, 0.1) is 0 Å². The van der Waals surface area contributed by atoms with Crippen LogP contribution in [0.3, 0.4) is 0 Å². The third kappa shape index (κ3) is 4.99. The highest BCUT2D eigenvalue weighted by Gasteiger charge is 2.15. The second-order valence-electron chi connectivity index (χ2n) is 4.98. The number of halogens is 1. The Bertz CT molecular complexity index is 719. The Hall–Kier alpha value is -2.53. The van der Waals surface area contributed by atoms with Crippen molar-refractivity contribution in [2.75, 3.05) is 18.5 Å². The van der Waals surface area contributed by atoms with E-state index in [4.69, 9.17) is 16.3 Å². The van der Waals surface area contributed by atoms with Gasteiger partial charge in [-0.15, -0.1) is 0 Å². The molecule has 2 N–H and O–H groups in total. The van der Waals surface area contributed by atoms with E-state index in [1.54, 1.807) is 30.3 Å². The van der Waals surface area contributed by atoms with Gasteiger partial charge >= 0.3 is 11.8 Å². The maximum absolute atomic E-state index is 12.0. The van der Waals surface area contributed by atoms with Gasteiger partial charge in [0.1, 0.15) is 5.75 Å². The molecule has 0 fully saturated rings. The lowest BCUT2D eigenvalue weighted by atomic mass is 10.1. The van der Waals surface area contributed by atoms with Gasteiger partial charge in [0, 0.05) is 11.6 Å². The molecule has 0 saturated carbocycles. The minimum atomic E-state index is -0.735. The molecule has 24 heavy (non-hydrogen) atoms. The molecule has 2 aromatic carbocycles. The van der Waals surface area contributed by atoms with Gasteiger partial charge in [-0.05, 0) is 37.1 Å². The molecule has 2 amide bonds. The topological polar surface area (TPSA) is 67.4 Å². The number of anilines is 1. The van der Waals surface area contributed by atoms with Crippen LogP contribution >= 0.6 is 11.6 Å². The average molecular weight is 347 g/mol. The number of carbonyl (C=O) groups excluding carboxylic acids is 2. The van der Waals surface area contributed by atoms with Gasteiger partial charge in [-0.3, -0.25) is 9.59 Å². The zero-order valence-corrected chi connectivity index (χ0v) is 14.1. The number of rotatable bonds is 6. The van der Waals surface area contributed by atoms with Crippen molar-refractivity contribution in [1.29, 1.82) is 0 Å². The summed E-state index contributed by atoms with van der Waals surface area (Å²) >= 11 is 6.05. The molecule has 126 valence electrons. The summed E-state index contributed by atoms with van der Waals surface area (Å²) in [4.78, 5) is 23.9. The first-order valence-electron chi connectivity index (χ1n) is 7.66. The Morgan fingerprint density at radius 1 is 1.04 bits per heavy atom. The van der Waals surface area contributed by atoms with E-state index in [0.717, 1.165) is 5.56 Å². The maximum atomic E-state index is 12.0. The molecule has 0 spiro atoms. The predicted molar refractivity (Wildman–Crippen MR) is 94.4 cm³/mol. The average Bonchev–Trinajstić information content (AvgIpc) is 2.58. The van der Waals surface area contributed by atoms with Gasteiger partial charge in [0.15, 0.2) is 0 Å². The lowest BCUT2D eigenvalue weighted by Crippen LogP contribution is -2.36. The van der Waals surface area contributed by atoms with Crippen LogP contribution in [0.15, 0.2) is 48.5 Å². The minimum absolute atomic E-state index is 0.323. The first-order chi connectivity index (χ1) is 11.6. The molecule has 0 heterocycles. The Labute approximate surface area is 146 Å². The van der Waals surface area contributed by atoms with Crippen molar-refractivity contribution < 1.29 is 14.3 Å². The molecular weight excluding hydrogens is 328 g/mol. The van der Waals surface area contributed by atoms with Gasteiger partial charge in [0.05, 0.1) is 12.3 Å². The quantitative estimate of drug-likeness (QED) is 0.790. The normalized spacial score (nSPS) is 10.1. The van der Waals surface area contributed by atoms with Gasteiger partial charge in [-0.25, -0.2) is 0 Å². The molecule has 2 aromatic rings. The fourth-order valence-electron chi connectivity index (χ4n) is 2.12. The molecule has 0 atom stereocenters. The monoisotopic (exact) mass is 346 g/mol. The highest BCUT2D eigenvalue weighted by molar-refractivity contribution is 6.39. The first kappa shape index (κ1) is 17.8. The largest absolute Gasteiger partial charge is 0.492 e. The molecule has 0 bridgehead atoms. The standard InChI is InChI=1S/C18H19ClN2O3/c1-2-24-16-10-6-5-9-15(16)21-18(23)17(22)20-12-11-13-7-3-4-8-14(13)19/h3-10H,2,11-12H2,1H3,(H,20,22)(H,21,23). The summed E-state index contributed by atoms with van der Waals surface area (Å²) in [7, 11) is 0. The molecule has 5 nitrogen and oxygen atoms in total. The maximum Gasteiger partial charge on any atom is 0.313 e. The Balaban J connectivity index is 1.87. The molecule has 0 unspecified atom stereocenters. The van der Waals surface area contributed by atoms with E-state index in [0.29, 0.717) is 36.0 Å². The number of ether oxygens (including phenoxy) is 1. The van der Waals surface area contributed by atoms with Gasteiger partial charge in [-0.2, -0.15) is 0 Å². The van der Waals surface area contributed by atoms with Gasteiger partial charge in [-0.1, -0.05) is 41.9 Å². The van der Waals surface area contributed by atoms with E-state index in [9.17, 15) is 9.59 Å². The van der Waals surface area contributed by atoms with Crippen LogP contribution < -0.4 is 15.4 Å². The van der Waals surface area contributed by atoms with Crippen molar-refractivity contribution in [1.82, 2.24) is 5.32 Å². The van der Waals surface area contributed by atoms with E-state index in [1.165, 1.54) is 0 Å². The number of hydrogen-bond donors (Lipinski definition) is 2. The van der Waals surface area contributed by atoms with Crippen LogP contribution in [0.2, 0.25) is 5.02 Å². The second kappa shape index (κ2) is 8.93. The van der Waals surface area contributed by atoms with E-state index < -0.39 is 11.8 Å². The molecule has 2 rings (SSSR count). The van der Waals surface area contributed by atoms with Crippen molar-refractivity contribution >= 4 is 29.1 Å². The summed E-state index contributed by atoms with van der Waals surface area (Å²) in [5.74, 6) is -0.910. The van der Waals surface area contributed by atoms with E-state index >= 15 is 0 Å². The molecule has 0 saturated heterocycles. The number of benzene rings is 2. The van der Waals surface area contributed by atoms with Crippen LogP contribution in [-0.4, -0.2) is 25.0 Å². The highest BCUT2D eigenvalue weighted by Crippen LogP contribution is 2.23. The third-order valence-corrected chi connectivity index (χ3v) is 3.65. The summed E-state index contributed by atoms with van der Waals surface area (Å²) in [6.07, 6.45) is 0.550. The van der Waals surface area contributed by atoms with Crippen LogP contribution in [0.5, 0.6) is 5.75 Å².